The molecule has 0 spiro atoms. The van der Waals surface area contributed by atoms with Crippen molar-refractivity contribution in [1.82, 2.24) is 29.1 Å². The lowest BCUT2D eigenvalue weighted by Crippen LogP contribution is -2.25. The van der Waals surface area contributed by atoms with Gasteiger partial charge in [0.1, 0.15) is 10.8 Å². The lowest BCUT2D eigenvalue weighted by Gasteiger charge is -2.19. The quantitative estimate of drug-likeness (QED) is 0.459. The molecule has 1 aliphatic heterocycles. The van der Waals surface area contributed by atoms with Crippen molar-refractivity contribution in [2.24, 2.45) is 7.05 Å². The molecule has 10 nitrogen and oxygen atoms in total. The molecule has 0 fully saturated rings. The summed E-state index contributed by atoms with van der Waals surface area (Å²) in [7, 11) is 1.93. The number of nitrogen functional groups attached to an aromatic ring is 1. The number of hydrogen-bond donors (Lipinski definition) is 3. The molecule has 0 saturated heterocycles. The third-order valence-electron chi connectivity index (χ3n) is 4.88. The number of aromatic nitrogens is 6. The minimum absolute atomic E-state index is 0.238. The van der Waals surface area contributed by atoms with Gasteiger partial charge in [-0.2, -0.15) is 9.61 Å². The Morgan fingerprint density at radius 1 is 1.25 bits per heavy atom. The van der Waals surface area contributed by atoms with E-state index in [1.54, 1.807) is 11.1 Å². The maximum atomic E-state index is 12.1. The topological polar surface area (TPSA) is 130 Å². The number of hydrogen-bond acceptors (Lipinski definition) is 6. The van der Waals surface area contributed by atoms with Gasteiger partial charge in [-0.3, -0.25) is 9.78 Å². The minimum Gasteiger partial charge on any atom is -0.382 e. The Hall–Kier alpha value is -3.53. The van der Waals surface area contributed by atoms with Crippen molar-refractivity contribution < 1.29 is 0 Å². The largest absolute Gasteiger partial charge is 0.382 e. The molecule has 142 valence electrons. The van der Waals surface area contributed by atoms with Gasteiger partial charge in [-0.05, 0) is 6.07 Å². The van der Waals surface area contributed by atoms with Crippen LogP contribution in [0.2, 0.25) is 5.02 Å². The highest BCUT2D eigenvalue weighted by Crippen LogP contribution is 2.36. The summed E-state index contributed by atoms with van der Waals surface area (Å²) in [5, 5.41) is 4.55. The van der Waals surface area contributed by atoms with Gasteiger partial charge in [0.2, 0.25) is 0 Å². The second-order valence-electron chi connectivity index (χ2n) is 6.72. The van der Waals surface area contributed by atoms with Gasteiger partial charge in [0.05, 0.1) is 24.8 Å². The highest BCUT2D eigenvalue weighted by Gasteiger charge is 2.28. The summed E-state index contributed by atoms with van der Waals surface area (Å²) in [5.41, 5.74) is 8.60. The summed E-state index contributed by atoms with van der Waals surface area (Å²) in [6.45, 7) is 0.560. The third-order valence-corrected chi connectivity index (χ3v) is 5.24. The summed E-state index contributed by atoms with van der Waals surface area (Å²) in [6, 6.07) is 1.96. The third kappa shape index (κ3) is 2.34. The predicted molar refractivity (Wildman–Crippen MR) is 104 cm³/mol. The summed E-state index contributed by atoms with van der Waals surface area (Å²) >= 11 is 6.47. The van der Waals surface area contributed by atoms with Crippen molar-refractivity contribution in [2.45, 2.75) is 13.1 Å². The Balaban J connectivity index is 1.66. The number of nitrogens with zero attached hydrogens (tertiary/aromatic N) is 5. The van der Waals surface area contributed by atoms with Gasteiger partial charge in [0.15, 0.2) is 11.5 Å². The first-order chi connectivity index (χ1) is 13.4. The molecule has 0 atom stereocenters. The zero-order valence-electron chi connectivity index (χ0n) is 14.7. The van der Waals surface area contributed by atoms with E-state index >= 15 is 0 Å². The summed E-state index contributed by atoms with van der Waals surface area (Å²) in [5.74, 6) is 0.683. The van der Waals surface area contributed by atoms with Crippen molar-refractivity contribution in [2.75, 3.05) is 10.6 Å². The van der Waals surface area contributed by atoms with E-state index in [1.807, 2.05) is 30.1 Å². The highest BCUT2D eigenvalue weighted by molar-refractivity contribution is 6.35. The number of anilines is 2. The smallest absolute Gasteiger partial charge is 0.325 e. The van der Waals surface area contributed by atoms with E-state index < -0.39 is 11.2 Å². The fourth-order valence-corrected chi connectivity index (χ4v) is 3.75. The van der Waals surface area contributed by atoms with Crippen LogP contribution in [0.25, 0.3) is 16.8 Å². The standard InChI is InChI=1S/C17H15ClN8O2/c1-24-3-2-8(5-24)9-4-20-26-13(19)12(18)15(22-14(9)26)25-6-10-11(7-25)21-17(28)23-16(10)27/h2-5H,6-7,19H2,1H3,(H2,21,23,27,28). The molecule has 28 heavy (non-hydrogen) atoms. The van der Waals surface area contributed by atoms with Crippen LogP contribution >= 0.6 is 11.6 Å². The van der Waals surface area contributed by atoms with Gasteiger partial charge in [-0.1, -0.05) is 11.6 Å². The Bertz CT molecular complexity index is 1360. The van der Waals surface area contributed by atoms with Crippen LogP contribution in [0.4, 0.5) is 11.6 Å². The molecule has 4 aromatic heterocycles. The number of H-pyrrole nitrogens is 2. The molecule has 0 unspecified atom stereocenters. The van der Waals surface area contributed by atoms with E-state index in [9.17, 15) is 9.59 Å². The van der Waals surface area contributed by atoms with Gasteiger partial charge in [0, 0.05) is 36.3 Å². The van der Waals surface area contributed by atoms with Crippen LogP contribution in [-0.2, 0) is 20.1 Å². The maximum Gasteiger partial charge on any atom is 0.325 e. The van der Waals surface area contributed by atoms with Crippen LogP contribution in [0, 0.1) is 0 Å². The summed E-state index contributed by atoms with van der Waals surface area (Å²) < 4.78 is 3.42. The van der Waals surface area contributed by atoms with E-state index in [4.69, 9.17) is 22.3 Å². The van der Waals surface area contributed by atoms with Gasteiger partial charge < -0.3 is 20.2 Å². The van der Waals surface area contributed by atoms with Crippen molar-refractivity contribution in [1.29, 1.82) is 0 Å². The van der Waals surface area contributed by atoms with E-state index in [0.717, 1.165) is 11.1 Å². The van der Waals surface area contributed by atoms with E-state index in [2.05, 4.69) is 15.1 Å². The number of aryl methyl sites for hydroxylation is 1. The molecule has 0 aromatic carbocycles. The van der Waals surface area contributed by atoms with Crippen molar-refractivity contribution >= 4 is 28.9 Å². The van der Waals surface area contributed by atoms with E-state index in [-0.39, 0.29) is 17.4 Å². The van der Waals surface area contributed by atoms with Crippen LogP contribution in [0.5, 0.6) is 0 Å². The molecular formula is C17H15ClN8O2. The van der Waals surface area contributed by atoms with Gasteiger partial charge >= 0.3 is 5.69 Å². The molecule has 0 saturated carbocycles. The van der Waals surface area contributed by atoms with Crippen LogP contribution in [0.15, 0.2) is 34.2 Å². The maximum absolute atomic E-state index is 12.1. The molecule has 0 bridgehead atoms. The molecule has 5 heterocycles. The zero-order valence-corrected chi connectivity index (χ0v) is 15.5. The first-order valence-electron chi connectivity index (χ1n) is 8.46. The highest BCUT2D eigenvalue weighted by atomic mass is 35.5. The molecular weight excluding hydrogens is 384 g/mol. The lowest BCUT2D eigenvalue weighted by atomic mass is 10.2. The Morgan fingerprint density at radius 2 is 2.07 bits per heavy atom. The second kappa shape index (κ2) is 5.73. The summed E-state index contributed by atoms with van der Waals surface area (Å²) in [6.07, 6.45) is 5.58. The van der Waals surface area contributed by atoms with Crippen molar-refractivity contribution in [3.8, 4) is 11.1 Å². The molecule has 0 radical (unpaired) electrons. The lowest BCUT2D eigenvalue weighted by molar-refractivity contribution is 0.839. The second-order valence-corrected chi connectivity index (χ2v) is 7.09. The van der Waals surface area contributed by atoms with Crippen molar-refractivity contribution in [3.05, 3.63) is 61.8 Å². The number of aromatic amines is 2. The Labute approximate surface area is 162 Å². The van der Waals surface area contributed by atoms with Crippen molar-refractivity contribution in [3.63, 3.8) is 0 Å². The van der Waals surface area contributed by atoms with Crippen LogP contribution in [0.1, 0.15) is 11.3 Å². The molecule has 11 heteroatoms. The number of nitrogens with two attached hydrogens (primary N) is 1. The number of rotatable bonds is 2. The Morgan fingerprint density at radius 3 is 2.82 bits per heavy atom. The minimum atomic E-state index is -0.540. The van der Waals surface area contributed by atoms with Gasteiger partial charge in [-0.25, -0.2) is 9.78 Å². The van der Waals surface area contributed by atoms with E-state index in [1.165, 1.54) is 4.52 Å². The molecule has 5 rings (SSSR count). The van der Waals surface area contributed by atoms with Gasteiger partial charge in [-0.15, -0.1) is 0 Å². The average molecular weight is 399 g/mol. The average Bonchev–Trinajstić information content (AvgIpc) is 3.35. The van der Waals surface area contributed by atoms with Crippen LogP contribution in [0.3, 0.4) is 0 Å². The summed E-state index contributed by atoms with van der Waals surface area (Å²) in [4.78, 5) is 35.0. The normalized spacial score (nSPS) is 13.4. The SMILES string of the molecule is Cn1ccc(-c2cnn3c(N)c(Cl)c(N4Cc5[nH]c(=O)[nH]c(=O)c5C4)nc23)c1. The van der Waals surface area contributed by atoms with Crippen LogP contribution < -0.4 is 21.9 Å². The van der Waals surface area contributed by atoms with Gasteiger partial charge in [0.25, 0.3) is 5.56 Å². The molecule has 1 aliphatic rings. The first-order valence-corrected chi connectivity index (χ1v) is 8.84. The number of fused-ring (bicyclic) bond motifs is 2. The Kier molecular flexibility index (Phi) is 3.40. The molecule has 4 N–H and O–H groups in total. The van der Waals surface area contributed by atoms with Crippen LogP contribution in [-0.4, -0.2) is 29.1 Å². The number of halogens is 1. The number of nitrogens with one attached hydrogen (secondary N) is 2. The molecule has 4 aromatic rings. The first kappa shape index (κ1) is 16.6. The van der Waals surface area contributed by atoms with E-state index in [0.29, 0.717) is 29.3 Å². The monoisotopic (exact) mass is 398 g/mol. The fraction of sp³-hybridized carbons (Fsp3) is 0.176. The fourth-order valence-electron chi connectivity index (χ4n) is 3.51. The predicted octanol–water partition coefficient (Wildman–Crippen LogP) is 0.867. The zero-order chi connectivity index (χ0) is 19.6. The molecule has 0 aliphatic carbocycles. The molecule has 0 amide bonds.